The minimum Gasteiger partial charge on any atom is -0.330 e. The summed E-state index contributed by atoms with van der Waals surface area (Å²) in [6.45, 7) is 3.17. The highest BCUT2D eigenvalue weighted by Crippen LogP contribution is 2.48. The maximum atomic E-state index is 13.1. The van der Waals surface area contributed by atoms with Crippen LogP contribution in [0.5, 0.6) is 0 Å². The highest BCUT2D eigenvalue weighted by molar-refractivity contribution is 7.80. The Morgan fingerprint density at radius 2 is 2.03 bits per heavy atom. The summed E-state index contributed by atoms with van der Waals surface area (Å²) in [5.41, 5.74) is 7.38. The molecule has 3 aliphatic heterocycles. The van der Waals surface area contributed by atoms with E-state index < -0.39 is 6.04 Å². The van der Waals surface area contributed by atoms with E-state index in [1.165, 1.54) is 0 Å². The summed E-state index contributed by atoms with van der Waals surface area (Å²) in [5, 5.41) is 9.35. The Morgan fingerprint density at radius 1 is 1.30 bits per heavy atom. The fraction of sp³-hybridized carbons (Fsp3) is 0.591. The van der Waals surface area contributed by atoms with Crippen molar-refractivity contribution < 1.29 is 9.59 Å². The molecule has 1 aromatic carbocycles. The van der Waals surface area contributed by atoms with Gasteiger partial charge in [0.15, 0.2) is 0 Å². The number of nitriles is 1. The summed E-state index contributed by atoms with van der Waals surface area (Å²) in [4.78, 5) is 32.7. The van der Waals surface area contributed by atoms with E-state index in [1.807, 2.05) is 29.2 Å². The Labute approximate surface area is 182 Å². The molecule has 1 aromatic rings. The van der Waals surface area contributed by atoms with Crippen molar-refractivity contribution in [1.29, 1.82) is 5.26 Å². The third-order valence-electron chi connectivity index (χ3n) is 7.36. The zero-order chi connectivity index (χ0) is 21.2. The molecule has 158 valence electrons. The van der Waals surface area contributed by atoms with Crippen molar-refractivity contribution in [3.63, 3.8) is 0 Å². The molecule has 0 radical (unpaired) electrons. The number of benzene rings is 1. The van der Waals surface area contributed by atoms with Crippen molar-refractivity contribution in [2.75, 3.05) is 13.1 Å². The number of nitrogens with two attached hydrogens (primary N) is 1. The van der Waals surface area contributed by atoms with Crippen LogP contribution in [0.25, 0.3) is 0 Å². The number of hydrogen-bond acceptors (Lipinski definition) is 6. The molecule has 1 saturated carbocycles. The molecule has 0 aromatic heterocycles. The van der Waals surface area contributed by atoms with Crippen molar-refractivity contribution in [2.45, 2.75) is 67.3 Å². The van der Waals surface area contributed by atoms with E-state index in [0.29, 0.717) is 12.5 Å². The molecule has 1 aliphatic carbocycles. The van der Waals surface area contributed by atoms with Crippen molar-refractivity contribution in [3.05, 3.63) is 29.8 Å². The maximum Gasteiger partial charge on any atom is 0.242 e. The van der Waals surface area contributed by atoms with Gasteiger partial charge in [-0.3, -0.25) is 14.5 Å². The average Bonchev–Trinajstić information content (AvgIpc) is 3.07. The van der Waals surface area contributed by atoms with Gasteiger partial charge < -0.3 is 15.5 Å². The van der Waals surface area contributed by atoms with Crippen molar-refractivity contribution in [1.82, 2.24) is 14.7 Å². The van der Waals surface area contributed by atoms with Gasteiger partial charge >= 0.3 is 0 Å². The second-order valence-electron chi connectivity index (χ2n) is 9.17. The normalized spacial score (nSPS) is 34.1. The van der Waals surface area contributed by atoms with Gasteiger partial charge in [0.2, 0.25) is 11.8 Å². The lowest BCUT2D eigenvalue weighted by Gasteiger charge is -2.38. The number of piperazine rings is 1. The molecule has 4 fully saturated rings. The topological polar surface area (TPSA) is 93.7 Å². The summed E-state index contributed by atoms with van der Waals surface area (Å²) in [5.74, 6) is 0.451. The zero-order valence-electron chi connectivity index (χ0n) is 17.0. The molecule has 30 heavy (non-hydrogen) atoms. The van der Waals surface area contributed by atoms with Crippen LogP contribution in [0.3, 0.4) is 0 Å². The first-order valence-electron chi connectivity index (χ1n) is 10.7. The highest BCUT2D eigenvalue weighted by atomic mass is 32.1. The van der Waals surface area contributed by atoms with E-state index in [4.69, 9.17) is 5.73 Å². The summed E-state index contributed by atoms with van der Waals surface area (Å²) in [6.07, 6.45) is 2.54. The fourth-order valence-corrected chi connectivity index (χ4v) is 5.87. The van der Waals surface area contributed by atoms with Crippen LogP contribution in [0.2, 0.25) is 0 Å². The van der Waals surface area contributed by atoms with Gasteiger partial charge in [0.1, 0.15) is 6.04 Å². The second kappa shape index (κ2) is 7.26. The molecule has 7 atom stereocenters. The Hall–Kier alpha value is -2.08. The number of nitrogens with zero attached hydrogens (tertiary/aromatic N) is 4. The molecule has 0 spiro atoms. The first-order chi connectivity index (χ1) is 14.4. The average molecular weight is 426 g/mol. The standard InChI is InChI=1S/C22H27N5O2S/c1-12(13-2-4-17(30)5-3-13)26-16-8-20(22(26)29)25(10-16)11-18(24)21(28)27-15(9-23)6-14-7-19(14)27/h2-5,12,14-16,18-20,30H,6-8,10-11,24H2,1H3/t12?,14-,15?,16?,18?,19+,20+/m1/s1. The Kier molecular flexibility index (Phi) is 4.80. The third kappa shape index (κ3) is 3.11. The Balaban J connectivity index is 1.23. The number of carbonyl (C=O) groups is 2. The van der Waals surface area contributed by atoms with Crippen LogP contribution in [0.1, 0.15) is 37.8 Å². The van der Waals surface area contributed by atoms with Gasteiger partial charge in [-0.25, -0.2) is 0 Å². The van der Waals surface area contributed by atoms with E-state index in [1.54, 1.807) is 4.90 Å². The Bertz CT molecular complexity index is 915. The number of carbonyl (C=O) groups excluding carboxylic acids is 2. The molecular formula is C22H27N5O2S. The molecule has 3 heterocycles. The Morgan fingerprint density at radius 3 is 2.70 bits per heavy atom. The molecule has 2 amide bonds. The third-order valence-corrected chi connectivity index (χ3v) is 7.66. The minimum atomic E-state index is -0.693. The van der Waals surface area contributed by atoms with Crippen LogP contribution in [0.15, 0.2) is 29.2 Å². The molecule has 4 unspecified atom stereocenters. The lowest BCUT2D eigenvalue weighted by molar-refractivity contribution is -0.141. The van der Waals surface area contributed by atoms with E-state index in [-0.39, 0.29) is 42.0 Å². The van der Waals surface area contributed by atoms with Gasteiger partial charge in [-0.2, -0.15) is 5.26 Å². The molecule has 7 nitrogen and oxygen atoms in total. The molecule has 2 bridgehead atoms. The van der Waals surface area contributed by atoms with Crippen LogP contribution >= 0.6 is 12.6 Å². The summed E-state index contributed by atoms with van der Waals surface area (Å²) in [6, 6.07) is 9.28. The van der Waals surface area contributed by atoms with Gasteiger partial charge in [0, 0.05) is 30.1 Å². The van der Waals surface area contributed by atoms with E-state index in [0.717, 1.165) is 36.3 Å². The molecule has 3 saturated heterocycles. The van der Waals surface area contributed by atoms with Crippen molar-refractivity contribution in [2.24, 2.45) is 11.7 Å². The van der Waals surface area contributed by atoms with Gasteiger partial charge in [-0.15, -0.1) is 12.6 Å². The molecule has 5 rings (SSSR count). The number of thiol groups is 1. The largest absolute Gasteiger partial charge is 0.330 e. The van der Waals surface area contributed by atoms with Crippen LogP contribution in [0.4, 0.5) is 0 Å². The van der Waals surface area contributed by atoms with E-state index in [9.17, 15) is 14.9 Å². The predicted molar refractivity (Wildman–Crippen MR) is 113 cm³/mol. The summed E-state index contributed by atoms with van der Waals surface area (Å²) < 4.78 is 0. The maximum absolute atomic E-state index is 13.1. The smallest absolute Gasteiger partial charge is 0.242 e. The lowest BCUT2D eigenvalue weighted by atomic mass is 10.1. The van der Waals surface area contributed by atoms with E-state index >= 15 is 0 Å². The van der Waals surface area contributed by atoms with Crippen molar-refractivity contribution in [3.8, 4) is 6.07 Å². The molecule has 2 N–H and O–H groups in total. The SMILES string of the molecule is CC(c1ccc(S)cc1)N1C(=O)[C@@H]2CC1CN2CC(N)C(=O)N1C(C#N)C[C@@H]2C[C@@H]21. The molecule has 4 aliphatic rings. The quantitative estimate of drug-likeness (QED) is 0.691. The van der Waals surface area contributed by atoms with Gasteiger partial charge in [0.25, 0.3) is 0 Å². The van der Waals surface area contributed by atoms with Gasteiger partial charge in [-0.1, -0.05) is 12.1 Å². The van der Waals surface area contributed by atoms with Crippen LogP contribution in [-0.2, 0) is 9.59 Å². The number of likely N-dealkylation sites (tertiary alicyclic amines) is 3. The van der Waals surface area contributed by atoms with Crippen LogP contribution < -0.4 is 5.73 Å². The number of piperidine rings is 1. The first kappa shape index (κ1) is 19.9. The number of fused-ring (bicyclic) bond motifs is 3. The van der Waals surface area contributed by atoms with Crippen molar-refractivity contribution >= 4 is 24.4 Å². The van der Waals surface area contributed by atoms with Crippen LogP contribution in [-0.4, -0.2) is 69.8 Å². The monoisotopic (exact) mass is 425 g/mol. The number of rotatable bonds is 5. The minimum absolute atomic E-state index is 0.00618. The summed E-state index contributed by atoms with van der Waals surface area (Å²) >= 11 is 4.34. The van der Waals surface area contributed by atoms with Gasteiger partial charge in [-0.05, 0) is 49.8 Å². The lowest BCUT2D eigenvalue weighted by Crippen LogP contribution is -2.57. The number of amides is 2. The second-order valence-corrected chi connectivity index (χ2v) is 9.68. The highest BCUT2D eigenvalue weighted by Gasteiger charge is 2.56. The van der Waals surface area contributed by atoms with E-state index in [2.05, 4.69) is 30.5 Å². The molecule has 8 heteroatoms. The molecular weight excluding hydrogens is 398 g/mol. The zero-order valence-corrected chi connectivity index (χ0v) is 17.9. The van der Waals surface area contributed by atoms with Gasteiger partial charge in [0.05, 0.1) is 24.2 Å². The summed E-state index contributed by atoms with van der Waals surface area (Å²) in [7, 11) is 0. The van der Waals surface area contributed by atoms with Crippen LogP contribution in [0, 0.1) is 17.2 Å². The predicted octanol–water partition coefficient (Wildman–Crippen LogP) is 1.16. The number of hydrogen-bond donors (Lipinski definition) is 2. The fourth-order valence-electron chi connectivity index (χ4n) is 5.72. The first-order valence-corrected chi connectivity index (χ1v) is 11.2.